The maximum absolute atomic E-state index is 12.9. The Hall–Kier alpha value is -3.66. The molecule has 0 spiro atoms. The molecule has 144 valence electrons. The van der Waals surface area contributed by atoms with E-state index in [0.29, 0.717) is 11.1 Å². The van der Waals surface area contributed by atoms with Crippen LogP contribution in [0.4, 0.5) is 0 Å². The van der Waals surface area contributed by atoms with E-state index in [1.54, 1.807) is 6.07 Å². The number of benzene rings is 3. The average Bonchev–Trinajstić information content (AvgIpc) is 2.70. The normalized spacial score (nSPS) is 10.9. The molecular weight excluding hydrogens is 362 g/mol. The summed E-state index contributed by atoms with van der Waals surface area (Å²) in [5.74, 6) is -0.542. The monoisotopic (exact) mass is 383 g/mol. The molecule has 0 aliphatic carbocycles. The minimum Gasteiger partial charge on any atom is -0.327 e. The molecular formula is C25H21NO3. The van der Waals surface area contributed by atoms with Crippen molar-refractivity contribution in [1.29, 1.82) is 0 Å². The summed E-state index contributed by atoms with van der Waals surface area (Å²) >= 11 is 0. The molecule has 0 atom stereocenters. The Morgan fingerprint density at radius 3 is 2.14 bits per heavy atom. The van der Waals surface area contributed by atoms with Gasteiger partial charge in [0, 0.05) is 11.5 Å². The molecule has 0 saturated carbocycles. The summed E-state index contributed by atoms with van der Waals surface area (Å²) in [4.78, 5) is 31.4. The Balaban J connectivity index is 1.85. The first-order chi connectivity index (χ1) is 14.0. The van der Waals surface area contributed by atoms with Gasteiger partial charge in [0.25, 0.3) is 5.56 Å². The highest BCUT2D eigenvalue weighted by Crippen LogP contribution is 2.27. The first-order valence-electron chi connectivity index (χ1n) is 9.46. The highest BCUT2D eigenvalue weighted by atomic mass is 16.7. The zero-order valence-electron chi connectivity index (χ0n) is 16.6. The van der Waals surface area contributed by atoms with Crippen LogP contribution in [0.5, 0.6) is 0 Å². The highest BCUT2D eigenvalue weighted by Gasteiger charge is 2.18. The van der Waals surface area contributed by atoms with Crippen LogP contribution in [0.15, 0.2) is 77.6 Å². The summed E-state index contributed by atoms with van der Waals surface area (Å²) in [5.41, 5.74) is 5.11. The summed E-state index contributed by atoms with van der Waals surface area (Å²) < 4.78 is 1.09. The second kappa shape index (κ2) is 7.40. The van der Waals surface area contributed by atoms with Gasteiger partial charge in [0.15, 0.2) is 0 Å². The lowest BCUT2D eigenvalue weighted by Gasteiger charge is -2.15. The first kappa shape index (κ1) is 18.7. The molecule has 4 nitrogen and oxygen atoms in total. The predicted molar refractivity (Wildman–Crippen MR) is 115 cm³/mol. The number of para-hydroxylation sites is 1. The molecule has 4 rings (SSSR count). The lowest BCUT2D eigenvalue weighted by atomic mass is 10.00. The number of hydrogen-bond donors (Lipinski definition) is 0. The molecule has 3 aromatic carbocycles. The Bertz CT molecular complexity index is 1260. The highest BCUT2D eigenvalue weighted by molar-refractivity contribution is 5.96. The molecule has 29 heavy (non-hydrogen) atoms. The van der Waals surface area contributed by atoms with Gasteiger partial charge < -0.3 is 4.84 Å². The van der Waals surface area contributed by atoms with Gasteiger partial charge in [-0.05, 0) is 49.1 Å². The molecule has 0 N–H and O–H groups in total. The van der Waals surface area contributed by atoms with Gasteiger partial charge in [0.2, 0.25) is 0 Å². The molecule has 0 amide bonds. The summed E-state index contributed by atoms with van der Waals surface area (Å²) in [6, 6.07) is 22.5. The van der Waals surface area contributed by atoms with Crippen molar-refractivity contribution in [2.24, 2.45) is 0 Å². The van der Waals surface area contributed by atoms with Crippen molar-refractivity contribution in [2.45, 2.75) is 20.8 Å². The van der Waals surface area contributed by atoms with E-state index in [4.69, 9.17) is 4.84 Å². The van der Waals surface area contributed by atoms with E-state index in [0.717, 1.165) is 37.9 Å². The molecule has 0 bridgehead atoms. The van der Waals surface area contributed by atoms with Gasteiger partial charge in [-0.3, -0.25) is 4.79 Å². The lowest BCUT2D eigenvalue weighted by molar-refractivity contribution is 0.0464. The van der Waals surface area contributed by atoms with Crippen molar-refractivity contribution >= 4 is 16.9 Å². The molecule has 0 unspecified atom stereocenters. The zero-order valence-corrected chi connectivity index (χ0v) is 16.6. The van der Waals surface area contributed by atoms with E-state index in [-0.39, 0.29) is 0 Å². The van der Waals surface area contributed by atoms with Crippen molar-refractivity contribution in [3.63, 3.8) is 0 Å². The van der Waals surface area contributed by atoms with E-state index < -0.39 is 11.5 Å². The van der Waals surface area contributed by atoms with Gasteiger partial charge in [0.05, 0.1) is 11.1 Å². The van der Waals surface area contributed by atoms with E-state index in [9.17, 15) is 9.59 Å². The molecule has 0 fully saturated rings. The molecule has 4 aromatic rings. The van der Waals surface area contributed by atoms with Crippen LogP contribution in [0.25, 0.3) is 22.0 Å². The van der Waals surface area contributed by atoms with Crippen LogP contribution in [0.1, 0.15) is 27.0 Å². The summed E-state index contributed by atoms with van der Waals surface area (Å²) in [5, 5.41) is 0.837. The topological polar surface area (TPSA) is 48.3 Å². The number of nitrogens with zero attached hydrogens (tertiary/aromatic N) is 1. The predicted octanol–water partition coefficient (Wildman–Crippen LogP) is 4.86. The minimum atomic E-state index is -0.542. The smallest absolute Gasteiger partial charge is 0.327 e. The fourth-order valence-corrected chi connectivity index (χ4v) is 3.84. The van der Waals surface area contributed by atoms with Gasteiger partial charge >= 0.3 is 5.97 Å². The lowest BCUT2D eigenvalue weighted by Crippen LogP contribution is -2.31. The Labute approximate surface area is 169 Å². The van der Waals surface area contributed by atoms with Crippen molar-refractivity contribution in [3.8, 4) is 11.1 Å². The third kappa shape index (κ3) is 3.45. The van der Waals surface area contributed by atoms with Gasteiger partial charge in [-0.15, -0.1) is 4.73 Å². The fourth-order valence-electron chi connectivity index (χ4n) is 3.84. The number of carbonyl (C=O) groups excluding carboxylic acids is 1. The van der Waals surface area contributed by atoms with Crippen molar-refractivity contribution in [2.75, 3.05) is 0 Å². The molecule has 0 aliphatic rings. The fraction of sp³-hybridized carbons (Fsp3) is 0.120. The molecule has 1 heterocycles. The van der Waals surface area contributed by atoms with Crippen LogP contribution >= 0.6 is 0 Å². The quantitative estimate of drug-likeness (QED) is 0.507. The number of rotatable bonds is 3. The molecule has 1 aromatic heterocycles. The van der Waals surface area contributed by atoms with Crippen molar-refractivity contribution < 1.29 is 9.63 Å². The van der Waals surface area contributed by atoms with E-state index in [1.165, 1.54) is 6.07 Å². The van der Waals surface area contributed by atoms with Gasteiger partial charge in [-0.2, -0.15) is 0 Å². The van der Waals surface area contributed by atoms with Crippen LogP contribution in [-0.4, -0.2) is 10.7 Å². The summed E-state index contributed by atoms with van der Waals surface area (Å²) in [6.07, 6.45) is 0. The number of carbonyl (C=O) groups is 1. The van der Waals surface area contributed by atoms with Crippen LogP contribution in [0, 0.1) is 20.8 Å². The molecule has 0 aliphatic heterocycles. The van der Waals surface area contributed by atoms with Crippen LogP contribution < -0.4 is 10.4 Å². The van der Waals surface area contributed by atoms with E-state index in [1.807, 2.05) is 81.4 Å². The molecule has 0 radical (unpaired) electrons. The standard InChI is InChI=1S/C25H21NO3/c1-16-13-17(2)24(18(3)14-16)25(28)29-26-22-12-8-7-11-20(22)21(15-23(26)27)19-9-5-4-6-10-19/h4-15H,1-3H3. The summed E-state index contributed by atoms with van der Waals surface area (Å²) in [7, 11) is 0. The van der Waals surface area contributed by atoms with Crippen LogP contribution in [-0.2, 0) is 0 Å². The number of fused-ring (bicyclic) bond motifs is 1. The largest absolute Gasteiger partial charge is 0.364 e. The third-order valence-electron chi connectivity index (χ3n) is 5.02. The second-order valence-corrected chi connectivity index (χ2v) is 7.23. The number of aryl methyl sites for hydroxylation is 3. The Kier molecular flexibility index (Phi) is 4.77. The number of pyridine rings is 1. The van der Waals surface area contributed by atoms with Crippen molar-refractivity contribution in [1.82, 2.24) is 4.73 Å². The van der Waals surface area contributed by atoms with Gasteiger partial charge in [0.1, 0.15) is 0 Å². The molecule has 0 saturated heterocycles. The van der Waals surface area contributed by atoms with E-state index >= 15 is 0 Å². The first-order valence-corrected chi connectivity index (χ1v) is 9.46. The second-order valence-electron chi connectivity index (χ2n) is 7.23. The van der Waals surface area contributed by atoms with Gasteiger partial charge in [-0.1, -0.05) is 66.2 Å². The van der Waals surface area contributed by atoms with Crippen LogP contribution in [0.2, 0.25) is 0 Å². The molecule has 4 heteroatoms. The van der Waals surface area contributed by atoms with Crippen LogP contribution in [0.3, 0.4) is 0 Å². The average molecular weight is 383 g/mol. The maximum atomic E-state index is 12.9. The minimum absolute atomic E-state index is 0.390. The summed E-state index contributed by atoms with van der Waals surface area (Å²) in [6.45, 7) is 5.72. The Morgan fingerprint density at radius 1 is 0.828 bits per heavy atom. The number of aromatic nitrogens is 1. The van der Waals surface area contributed by atoms with Crippen molar-refractivity contribution in [3.05, 3.63) is 105 Å². The van der Waals surface area contributed by atoms with Gasteiger partial charge in [-0.25, -0.2) is 4.79 Å². The Morgan fingerprint density at radius 2 is 1.45 bits per heavy atom. The third-order valence-corrected chi connectivity index (χ3v) is 5.02. The maximum Gasteiger partial charge on any atom is 0.364 e. The zero-order chi connectivity index (χ0) is 20.5. The number of hydrogen-bond acceptors (Lipinski definition) is 3. The SMILES string of the molecule is Cc1cc(C)c(C(=O)On2c(=O)cc(-c3ccccc3)c3ccccc32)c(C)c1. The van der Waals surface area contributed by atoms with E-state index in [2.05, 4.69) is 0 Å².